The lowest BCUT2D eigenvalue weighted by Crippen LogP contribution is -2.20. The van der Waals surface area contributed by atoms with E-state index >= 15 is 0 Å². The van der Waals surface area contributed by atoms with Gasteiger partial charge in [0.05, 0.1) is 12.2 Å². The lowest BCUT2D eigenvalue weighted by molar-refractivity contribution is 0.301. The Labute approximate surface area is 135 Å². The molecule has 0 atom stereocenters. The molecule has 2 aliphatic rings. The molecule has 4 rings (SSSR count). The molecule has 0 fully saturated rings. The van der Waals surface area contributed by atoms with Gasteiger partial charge in [-0.2, -0.15) is 0 Å². The summed E-state index contributed by atoms with van der Waals surface area (Å²) in [4.78, 5) is 7.97. The van der Waals surface area contributed by atoms with Gasteiger partial charge in [-0.3, -0.25) is 4.99 Å². The summed E-state index contributed by atoms with van der Waals surface area (Å²) in [6.07, 6.45) is 0.662. The zero-order valence-corrected chi connectivity index (χ0v) is 13.6. The van der Waals surface area contributed by atoms with Gasteiger partial charge in [0.25, 0.3) is 0 Å². The molecule has 0 saturated carbocycles. The zero-order chi connectivity index (χ0) is 14.4. The van der Waals surface area contributed by atoms with Gasteiger partial charge < -0.3 is 10.0 Å². The highest BCUT2D eigenvalue weighted by atomic mass is 35.5. The van der Waals surface area contributed by atoms with Crippen molar-refractivity contribution in [3.63, 3.8) is 0 Å². The molecule has 3 heterocycles. The molecular formula is C15H13ClN2OS2. The van der Waals surface area contributed by atoms with Crippen LogP contribution in [0, 0.1) is 0 Å². The van der Waals surface area contributed by atoms with Gasteiger partial charge in [0.1, 0.15) is 0 Å². The van der Waals surface area contributed by atoms with Gasteiger partial charge in [-0.05, 0) is 23.6 Å². The monoisotopic (exact) mass is 336 g/mol. The first-order valence-corrected chi connectivity index (χ1v) is 8.86. The number of thioether (sulfide) groups is 1. The minimum Gasteiger partial charge on any atom is -0.396 e. The van der Waals surface area contributed by atoms with Crippen LogP contribution in [-0.4, -0.2) is 34.9 Å². The van der Waals surface area contributed by atoms with Gasteiger partial charge in [0.2, 0.25) is 0 Å². The number of aliphatic hydroxyl groups excluding tert-OH is 1. The van der Waals surface area contributed by atoms with Crippen molar-refractivity contribution in [2.24, 2.45) is 4.99 Å². The molecule has 108 valence electrons. The summed E-state index contributed by atoms with van der Waals surface area (Å²) in [5.74, 6) is 0. The highest BCUT2D eigenvalue weighted by Gasteiger charge is 2.32. The van der Waals surface area contributed by atoms with E-state index in [0.717, 1.165) is 34.2 Å². The predicted octanol–water partition coefficient (Wildman–Crippen LogP) is 4.02. The number of halogens is 1. The largest absolute Gasteiger partial charge is 0.396 e. The minimum absolute atomic E-state index is 0.155. The summed E-state index contributed by atoms with van der Waals surface area (Å²) in [5, 5.41) is 14.3. The van der Waals surface area contributed by atoms with Crippen molar-refractivity contribution in [1.29, 1.82) is 0 Å². The Hall–Kier alpha value is -1.01. The summed E-state index contributed by atoms with van der Waals surface area (Å²) < 4.78 is 1.20. The molecule has 2 aliphatic heterocycles. The third-order valence-electron chi connectivity index (χ3n) is 3.68. The van der Waals surface area contributed by atoms with Gasteiger partial charge in [0, 0.05) is 45.1 Å². The van der Waals surface area contributed by atoms with Crippen LogP contribution in [0.15, 0.2) is 33.5 Å². The third kappa shape index (κ3) is 2.19. The van der Waals surface area contributed by atoms with E-state index in [9.17, 15) is 5.11 Å². The van der Waals surface area contributed by atoms with Crippen LogP contribution in [0.3, 0.4) is 0 Å². The van der Waals surface area contributed by atoms with Crippen molar-refractivity contribution >= 4 is 55.7 Å². The van der Waals surface area contributed by atoms with Crippen LogP contribution in [0.4, 0.5) is 0 Å². The molecule has 0 radical (unpaired) electrons. The molecule has 3 nitrogen and oxygen atoms in total. The molecular weight excluding hydrogens is 324 g/mol. The average Bonchev–Trinajstić information content (AvgIpc) is 3.13. The number of benzene rings is 1. The van der Waals surface area contributed by atoms with Crippen LogP contribution < -0.4 is 0 Å². The Kier molecular flexibility index (Phi) is 3.46. The first kappa shape index (κ1) is 13.6. The van der Waals surface area contributed by atoms with Crippen LogP contribution in [0.25, 0.3) is 15.8 Å². The first-order chi connectivity index (χ1) is 10.3. The SMILES string of the molecule is OCCC1=C(c2cc(Cl)c3ccsc3c2)N2CCN=C2S1. The fourth-order valence-electron chi connectivity index (χ4n) is 2.78. The second kappa shape index (κ2) is 5.32. The topological polar surface area (TPSA) is 35.8 Å². The Morgan fingerprint density at radius 2 is 2.29 bits per heavy atom. The predicted molar refractivity (Wildman–Crippen MR) is 92.1 cm³/mol. The van der Waals surface area contributed by atoms with E-state index in [2.05, 4.69) is 27.4 Å². The van der Waals surface area contributed by atoms with Gasteiger partial charge in [0.15, 0.2) is 5.17 Å². The van der Waals surface area contributed by atoms with Crippen LogP contribution in [0.5, 0.6) is 0 Å². The molecule has 6 heteroatoms. The lowest BCUT2D eigenvalue weighted by atomic mass is 10.1. The van der Waals surface area contributed by atoms with Crippen molar-refractivity contribution in [3.05, 3.63) is 39.1 Å². The van der Waals surface area contributed by atoms with E-state index in [1.54, 1.807) is 23.1 Å². The molecule has 1 N–H and O–H groups in total. The Morgan fingerprint density at radius 3 is 3.14 bits per heavy atom. The number of hydrogen-bond acceptors (Lipinski definition) is 5. The summed E-state index contributed by atoms with van der Waals surface area (Å²) in [6, 6.07) is 6.28. The fraction of sp³-hybridized carbons (Fsp3) is 0.267. The molecule has 0 amide bonds. The lowest BCUT2D eigenvalue weighted by Gasteiger charge is -2.18. The number of thiophene rings is 1. The summed E-state index contributed by atoms with van der Waals surface area (Å²) in [6.45, 7) is 1.90. The summed E-state index contributed by atoms with van der Waals surface area (Å²) in [5.41, 5.74) is 2.29. The Bertz CT molecular complexity index is 781. The maximum Gasteiger partial charge on any atom is 0.168 e. The van der Waals surface area contributed by atoms with Crippen molar-refractivity contribution in [3.8, 4) is 0 Å². The molecule has 0 saturated heterocycles. The molecule has 21 heavy (non-hydrogen) atoms. The first-order valence-electron chi connectivity index (χ1n) is 6.79. The van der Waals surface area contributed by atoms with Crippen molar-refractivity contribution < 1.29 is 5.11 Å². The quantitative estimate of drug-likeness (QED) is 0.919. The minimum atomic E-state index is 0.155. The smallest absolute Gasteiger partial charge is 0.168 e. The third-order valence-corrected chi connectivity index (χ3v) is 6.04. The van der Waals surface area contributed by atoms with Crippen LogP contribution in [0.2, 0.25) is 5.02 Å². The normalized spacial score (nSPS) is 17.8. The Morgan fingerprint density at radius 1 is 1.38 bits per heavy atom. The van der Waals surface area contributed by atoms with E-state index in [-0.39, 0.29) is 6.61 Å². The second-order valence-electron chi connectivity index (χ2n) is 4.95. The number of aliphatic imine (C=N–C) groups is 1. The van der Waals surface area contributed by atoms with Crippen molar-refractivity contribution in [2.45, 2.75) is 6.42 Å². The number of amidine groups is 1. The van der Waals surface area contributed by atoms with Gasteiger partial charge in [-0.25, -0.2) is 0 Å². The molecule has 1 aromatic carbocycles. The van der Waals surface area contributed by atoms with E-state index in [1.165, 1.54) is 15.3 Å². The van der Waals surface area contributed by atoms with Gasteiger partial charge >= 0.3 is 0 Å². The second-order valence-corrected chi connectivity index (χ2v) is 7.37. The molecule has 0 unspecified atom stereocenters. The number of rotatable bonds is 3. The molecule has 1 aromatic heterocycles. The van der Waals surface area contributed by atoms with E-state index in [4.69, 9.17) is 11.6 Å². The summed E-state index contributed by atoms with van der Waals surface area (Å²) >= 11 is 9.81. The van der Waals surface area contributed by atoms with Crippen LogP contribution >= 0.6 is 34.7 Å². The number of aliphatic hydroxyl groups is 1. The number of fused-ring (bicyclic) bond motifs is 2. The Balaban J connectivity index is 1.87. The number of nitrogens with zero attached hydrogens (tertiary/aromatic N) is 2. The van der Waals surface area contributed by atoms with Crippen LogP contribution in [0.1, 0.15) is 12.0 Å². The molecule has 0 spiro atoms. The molecule has 0 bridgehead atoms. The standard InChI is InChI=1S/C15H13ClN2OS2/c16-11-7-9(8-13-10(11)2-6-20-13)14-12(1-5-19)21-15-17-3-4-18(14)15/h2,6-8,19H,1,3-5H2. The van der Waals surface area contributed by atoms with Crippen LogP contribution in [-0.2, 0) is 0 Å². The zero-order valence-electron chi connectivity index (χ0n) is 11.2. The van der Waals surface area contributed by atoms with Gasteiger partial charge in [-0.15, -0.1) is 11.3 Å². The van der Waals surface area contributed by atoms with E-state index in [1.807, 2.05) is 6.07 Å². The molecule has 0 aliphatic carbocycles. The maximum atomic E-state index is 9.32. The molecule has 2 aromatic rings. The van der Waals surface area contributed by atoms with E-state index < -0.39 is 0 Å². The maximum absolute atomic E-state index is 9.32. The highest BCUT2D eigenvalue weighted by molar-refractivity contribution is 8.17. The summed E-state index contributed by atoms with van der Waals surface area (Å²) in [7, 11) is 0. The fourth-order valence-corrected chi connectivity index (χ4v) is 5.16. The highest BCUT2D eigenvalue weighted by Crippen LogP contribution is 2.44. The van der Waals surface area contributed by atoms with E-state index in [0.29, 0.717) is 6.42 Å². The van der Waals surface area contributed by atoms with Gasteiger partial charge in [-0.1, -0.05) is 23.4 Å². The average molecular weight is 337 g/mol. The number of hydrogen-bond donors (Lipinski definition) is 1. The van der Waals surface area contributed by atoms with Crippen molar-refractivity contribution in [1.82, 2.24) is 4.90 Å². The van der Waals surface area contributed by atoms with Crippen molar-refractivity contribution in [2.75, 3.05) is 19.7 Å².